The minimum Gasteiger partial charge on any atom is -0.629 e. The van der Waals surface area contributed by atoms with Crippen LogP contribution in [-0.2, 0) is 17.9 Å². The lowest BCUT2D eigenvalue weighted by atomic mass is 9.59. The molecule has 4 fully saturated rings. The van der Waals surface area contributed by atoms with Crippen molar-refractivity contribution in [3.63, 3.8) is 0 Å². The van der Waals surface area contributed by atoms with Crippen molar-refractivity contribution in [2.24, 2.45) is 11.3 Å². The number of hydroxylamine groups is 2. The maximum Gasteiger partial charge on any atom is 0.329 e. The van der Waals surface area contributed by atoms with Crippen molar-refractivity contribution >= 4 is 45.5 Å². The van der Waals surface area contributed by atoms with Gasteiger partial charge in [0.1, 0.15) is 28.6 Å². The van der Waals surface area contributed by atoms with E-state index in [4.69, 9.17) is 14.2 Å². The molecule has 6 heterocycles. The van der Waals surface area contributed by atoms with E-state index in [2.05, 4.69) is 84.1 Å². The van der Waals surface area contributed by atoms with Gasteiger partial charge in [0.2, 0.25) is 10.8 Å². The molecule has 1 spiro atoms. The Morgan fingerprint density at radius 3 is 2.49 bits per heavy atom. The van der Waals surface area contributed by atoms with E-state index in [9.17, 15) is 29.3 Å². The number of quaternary nitrogens is 1. The lowest BCUT2D eigenvalue weighted by Crippen LogP contribution is -2.98. The van der Waals surface area contributed by atoms with E-state index in [0.29, 0.717) is 43.0 Å². The number of piperidine rings is 1. The molecule has 2 unspecified atom stereocenters. The molecular formula is C57H71FN10O8S. The Labute approximate surface area is 452 Å². The molecular weight excluding hydrogens is 1000 g/mol. The van der Waals surface area contributed by atoms with Crippen LogP contribution in [0.2, 0.25) is 0 Å². The lowest BCUT2D eigenvalue weighted by molar-refractivity contribution is -0.751. The Balaban J connectivity index is 0.856. The zero-order valence-corrected chi connectivity index (χ0v) is 45.6. The number of nitrogens with zero attached hydrogens (tertiary/aromatic N) is 7. The number of carbonyl (C=O) groups is 1. The van der Waals surface area contributed by atoms with E-state index < -0.39 is 28.7 Å². The van der Waals surface area contributed by atoms with E-state index in [1.807, 2.05) is 19.2 Å². The van der Waals surface area contributed by atoms with Gasteiger partial charge in [-0.2, -0.15) is 4.98 Å². The number of hydrogen-bond acceptors (Lipinski definition) is 15. The summed E-state index contributed by atoms with van der Waals surface area (Å²) < 4.78 is 46.5. The molecule has 0 radical (unpaired) electrons. The highest BCUT2D eigenvalue weighted by atomic mass is 32.2. The molecule has 18 nitrogen and oxygen atoms in total. The third-order valence-electron chi connectivity index (χ3n) is 16.6. The van der Waals surface area contributed by atoms with Crippen LogP contribution in [0.1, 0.15) is 111 Å². The highest BCUT2D eigenvalue weighted by molar-refractivity contribution is 7.89. The number of ether oxygens (including phenoxy) is 3. The summed E-state index contributed by atoms with van der Waals surface area (Å²) in [6.45, 7) is 12.1. The first kappa shape index (κ1) is 54.3. The van der Waals surface area contributed by atoms with Gasteiger partial charge in [-0.3, -0.25) is 14.6 Å². The number of nitrogens with one attached hydrogen (secondary N) is 3. The summed E-state index contributed by atoms with van der Waals surface area (Å²) in [4.78, 5) is 37.8. The minimum absolute atomic E-state index is 0.0100. The molecule has 0 bridgehead atoms. The first-order valence-corrected chi connectivity index (χ1v) is 27.9. The third-order valence-corrected chi connectivity index (χ3v) is 17.7. The van der Waals surface area contributed by atoms with E-state index in [-0.39, 0.29) is 71.5 Å². The number of hydrogen-bond donors (Lipinski definition) is 5. The molecule has 410 valence electrons. The number of pyridine rings is 3. The van der Waals surface area contributed by atoms with Gasteiger partial charge < -0.3 is 49.3 Å². The molecule has 2 saturated heterocycles. The Morgan fingerprint density at radius 1 is 1.00 bits per heavy atom. The van der Waals surface area contributed by atoms with Gasteiger partial charge in [0.15, 0.2) is 17.3 Å². The lowest BCUT2D eigenvalue weighted by Gasteiger charge is -2.58. The number of anilines is 2. The monoisotopic (exact) mass is 1070 g/mol. The van der Waals surface area contributed by atoms with Gasteiger partial charge in [-0.15, -0.1) is 0 Å². The molecule has 5 N–H and O–H groups in total. The molecule has 6 aromatic rings. The minimum atomic E-state index is -2.53. The van der Waals surface area contributed by atoms with Crippen molar-refractivity contribution in [2.75, 3.05) is 70.8 Å². The van der Waals surface area contributed by atoms with Crippen molar-refractivity contribution < 1.29 is 43.3 Å². The number of piperazine rings is 1. The third kappa shape index (κ3) is 11.7. The van der Waals surface area contributed by atoms with E-state index >= 15 is 0 Å². The Bertz CT molecular complexity index is 3040. The van der Waals surface area contributed by atoms with Crippen molar-refractivity contribution in [3.8, 4) is 23.3 Å². The Morgan fingerprint density at radius 2 is 1.77 bits per heavy atom. The number of carbonyl (C=O) groups excluding carboxylic acids is 1. The van der Waals surface area contributed by atoms with Crippen LogP contribution in [0, 0.1) is 22.4 Å². The van der Waals surface area contributed by atoms with Crippen molar-refractivity contribution in [3.05, 3.63) is 119 Å². The second-order valence-electron chi connectivity index (χ2n) is 22.1. The maximum atomic E-state index is 15.0. The van der Waals surface area contributed by atoms with Gasteiger partial charge in [-0.05, 0) is 115 Å². The number of benzene rings is 2. The fourth-order valence-electron chi connectivity index (χ4n) is 12.1. The Hall–Kier alpha value is -6.10. The fraction of sp³-hybridized carbons (Fsp3) is 0.474. The number of amides is 1. The standard InChI is InChI=1S/C57H71FN10O8S/c1-36(2)42-9-7-8-10-43(42)48-35-65(34-38-15-20-59-51(25-38)74-5)23-24-67(48)40-29-57(30-40)18-21-66(22-19-57)39-11-12-44(49(26-39)76-50-28-45-46(58)33-62-52(45)63-54(50)75-6)55(69)68(72)77(73)41-27-47(64(4)71)53(61-32-41)60-31-37-13-16-56(3,70)17-14-37/h7-12,15,20,25-28,32-33,36-37,40,48,64,70,72H,13-14,16-19,21-24,29-31,34-35H2,1-6H3,(H,60,61)(H,62,63)/t37-,48-,56+,77?/m0/s1. The van der Waals surface area contributed by atoms with Crippen LogP contribution in [0.15, 0.2) is 90.2 Å². The zero-order valence-electron chi connectivity index (χ0n) is 44.8. The van der Waals surface area contributed by atoms with Crippen LogP contribution in [0.5, 0.6) is 23.3 Å². The topological polar surface area (TPSA) is 215 Å². The molecule has 10 rings (SSSR count). The number of fused-ring (bicyclic) bond motifs is 1. The Kier molecular flexibility index (Phi) is 16.0. The van der Waals surface area contributed by atoms with Crippen molar-refractivity contribution in [2.45, 2.75) is 107 Å². The average molecular weight is 1080 g/mol. The average Bonchev–Trinajstić information content (AvgIpc) is 3.81. The molecule has 3 atom stereocenters. The zero-order chi connectivity index (χ0) is 54.2. The summed E-state index contributed by atoms with van der Waals surface area (Å²) in [5, 5.41) is 37.8. The second kappa shape index (κ2) is 22.7. The number of rotatable bonds is 17. The molecule has 20 heteroatoms. The summed E-state index contributed by atoms with van der Waals surface area (Å²) in [6, 6.07) is 21.5. The first-order chi connectivity index (χ1) is 37.0. The molecule has 4 aliphatic rings. The van der Waals surface area contributed by atoms with Crippen LogP contribution in [-0.4, -0.2) is 127 Å². The highest BCUT2D eigenvalue weighted by Crippen LogP contribution is 2.53. The van der Waals surface area contributed by atoms with Crippen LogP contribution in [0.4, 0.5) is 21.6 Å². The number of halogens is 1. The number of H-pyrrole nitrogens is 1. The number of aromatic nitrogens is 4. The largest absolute Gasteiger partial charge is 0.629 e. The summed E-state index contributed by atoms with van der Waals surface area (Å²) >= 11 is -2.53. The van der Waals surface area contributed by atoms with Gasteiger partial charge in [0, 0.05) is 94.2 Å². The predicted molar refractivity (Wildman–Crippen MR) is 292 cm³/mol. The molecule has 2 saturated carbocycles. The highest BCUT2D eigenvalue weighted by Gasteiger charge is 2.50. The summed E-state index contributed by atoms with van der Waals surface area (Å²) in [5.74, 6) is -0.0274. The van der Waals surface area contributed by atoms with Crippen LogP contribution in [0.25, 0.3) is 11.0 Å². The molecule has 2 aromatic carbocycles. The maximum absolute atomic E-state index is 15.0. The SMILES string of the molecule is COc1cc(CN2CCN(C3CC4(CCN(c5ccc(C(=O)N(O)[S+]([O-])c6cnc(NC[C@H]7CC[C@@](C)(O)CC7)c([NH+](C)[O-])c6)c(Oc6cc7c(F)c[nH]c7nc6OC)c5)CC4)C3)[C@H](c3ccccc3C(C)C)C2)ccn1. The van der Waals surface area contributed by atoms with Gasteiger partial charge in [-0.25, -0.2) is 19.6 Å². The quantitative estimate of drug-likeness (QED) is 0.0330. The van der Waals surface area contributed by atoms with Crippen molar-refractivity contribution in [1.29, 1.82) is 0 Å². The first-order valence-electron chi connectivity index (χ1n) is 26.8. The molecule has 4 aromatic heterocycles. The van der Waals surface area contributed by atoms with Gasteiger partial charge in [-0.1, -0.05) is 38.1 Å². The normalized spacial score (nSPS) is 21.9. The molecule has 77 heavy (non-hydrogen) atoms. The smallest absolute Gasteiger partial charge is 0.329 e. The van der Waals surface area contributed by atoms with E-state index in [1.165, 1.54) is 61.4 Å². The molecule has 2 aliphatic carbocycles. The van der Waals surface area contributed by atoms with Crippen LogP contribution < -0.4 is 29.5 Å². The summed E-state index contributed by atoms with van der Waals surface area (Å²) in [6.07, 6.45) is 11.4. The van der Waals surface area contributed by atoms with Crippen LogP contribution >= 0.6 is 0 Å². The van der Waals surface area contributed by atoms with Crippen LogP contribution in [0.3, 0.4) is 0 Å². The fourth-order valence-corrected chi connectivity index (χ4v) is 12.9. The van der Waals surface area contributed by atoms with E-state index in [1.54, 1.807) is 19.2 Å². The summed E-state index contributed by atoms with van der Waals surface area (Å²) in [7, 11) is 4.41. The van der Waals surface area contributed by atoms with Crippen molar-refractivity contribution in [1.82, 2.24) is 34.2 Å². The molecule has 2 aliphatic heterocycles. The number of methoxy groups -OCH3 is 2. The number of aliphatic hydroxyl groups is 1. The van der Waals surface area contributed by atoms with E-state index in [0.717, 1.165) is 83.5 Å². The summed E-state index contributed by atoms with van der Waals surface area (Å²) in [5.41, 5.74) is 4.48. The van der Waals surface area contributed by atoms with Gasteiger partial charge in [0.05, 0.1) is 50.1 Å². The second-order valence-corrected chi connectivity index (χ2v) is 23.4. The van der Waals surface area contributed by atoms with Gasteiger partial charge >= 0.3 is 5.91 Å². The predicted octanol–water partition coefficient (Wildman–Crippen LogP) is 8.28. The molecule has 1 amide bonds. The number of aromatic amines is 1. The van der Waals surface area contributed by atoms with Gasteiger partial charge in [0.25, 0.3) is 5.88 Å².